The van der Waals surface area contributed by atoms with Crippen LogP contribution in [0.25, 0.3) is 0 Å². The molecule has 1 fully saturated rings. The van der Waals surface area contributed by atoms with Gasteiger partial charge in [0.15, 0.2) is 0 Å². The van der Waals surface area contributed by atoms with Crippen LogP contribution in [-0.4, -0.2) is 35.0 Å². The first-order chi connectivity index (χ1) is 12.0. The van der Waals surface area contributed by atoms with Crippen molar-refractivity contribution in [3.8, 4) is 0 Å². The average Bonchev–Trinajstić information content (AvgIpc) is 2.61. The van der Waals surface area contributed by atoms with Crippen molar-refractivity contribution < 1.29 is 19.4 Å². The molecule has 1 aromatic carbocycles. The second-order valence-electron chi connectivity index (χ2n) is 5.99. The van der Waals surface area contributed by atoms with Gasteiger partial charge in [-0.25, -0.2) is 0 Å². The van der Waals surface area contributed by atoms with Crippen molar-refractivity contribution >= 4 is 17.3 Å². The molecule has 0 bridgehead atoms. The van der Waals surface area contributed by atoms with Gasteiger partial charge in [0.1, 0.15) is 0 Å². The van der Waals surface area contributed by atoms with E-state index in [1.807, 2.05) is 0 Å². The molecular weight excluding hydrogens is 330 g/mol. The predicted octanol–water partition coefficient (Wildman–Crippen LogP) is 2.97. The maximum atomic E-state index is 12.1. The molecule has 1 amide bonds. The standard InChI is InChI=1S/C16H21N3O6/c20-16(17-7-4-8-25-15-5-2-1-3-6-15)12-9-13(18(21)22)11-14(10-12)19(23)24/h9-11,15H,1-8H2,(H,17,20). The number of ether oxygens (including phenoxy) is 1. The number of hydrogen-bond donors (Lipinski definition) is 1. The summed E-state index contributed by atoms with van der Waals surface area (Å²) in [5.41, 5.74) is -1.07. The molecule has 0 aliphatic heterocycles. The Balaban J connectivity index is 1.83. The van der Waals surface area contributed by atoms with Crippen LogP contribution in [0.4, 0.5) is 11.4 Å². The summed E-state index contributed by atoms with van der Waals surface area (Å²) in [5, 5.41) is 24.3. The third kappa shape index (κ3) is 5.79. The maximum Gasteiger partial charge on any atom is 0.277 e. The number of non-ortho nitro benzene ring substituents is 2. The van der Waals surface area contributed by atoms with E-state index in [0.29, 0.717) is 25.7 Å². The van der Waals surface area contributed by atoms with E-state index in [1.54, 1.807) is 0 Å². The number of rotatable bonds is 8. The number of hydrogen-bond acceptors (Lipinski definition) is 6. The van der Waals surface area contributed by atoms with Crippen LogP contribution >= 0.6 is 0 Å². The Morgan fingerprint density at radius 2 is 1.68 bits per heavy atom. The number of carbonyl (C=O) groups is 1. The van der Waals surface area contributed by atoms with Crippen molar-refractivity contribution in [1.29, 1.82) is 0 Å². The number of nitrogens with one attached hydrogen (secondary N) is 1. The largest absolute Gasteiger partial charge is 0.378 e. The highest BCUT2D eigenvalue weighted by atomic mass is 16.6. The minimum atomic E-state index is -0.762. The number of nitro groups is 2. The Morgan fingerprint density at radius 3 is 2.24 bits per heavy atom. The average molecular weight is 351 g/mol. The van der Waals surface area contributed by atoms with Gasteiger partial charge in [-0.1, -0.05) is 19.3 Å². The summed E-state index contributed by atoms with van der Waals surface area (Å²) in [5.74, 6) is -0.579. The fourth-order valence-corrected chi connectivity index (χ4v) is 2.80. The van der Waals surface area contributed by atoms with Crippen LogP contribution in [0.5, 0.6) is 0 Å². The molecule has 0 radical (unpaired) electrons. The fraction of sp³-hybridized carbons (Fsp3) is 0.562. The van der Waals surface area contributed by atoms with Crippen molar-refractivity contribution in [3.63, 3.8) is 0 Å². The van der Waals surface area contributed by atoms with Gasteiger partial charge in [0, 0.05) is 25.3 Å². The van der Waals surface area contributed by atoms with Gasteiger partial charge >= 0.3 is 0 Å². The number of amides is 1. The van der Waals surface area contributed by atoms with E-state index in [-0.39, 0.29) is 5.56 Å². The number of nitrogens with zero attached hydrogens (tertiary/aromatic N) is 2. The third-order valence-electron chi connectivity index (χ3n) is 4.10. The van der Waals surface area contributed by atoms with Gasteiger partial charge in [-0.15, -0.1) is 0 Å². The topological polar surface area (TPSA) is 125 Å². The van der Waals surface area contributed by atoms with Crippen molar-refractivity contribution in [1.82, 2.24) is 5.32 Å². The molecule has 136 valence electrons. The lowest BCUT2D eigenvalue weighted by molar-refractivity contribution is -0.394. The Morgan fingerprint density at radius 1 is 1.08 bits per heavy atom. The van der Waals surface area contributed by atoms with Crippen LogP contribution < -0.4 is 5.32 Å². The molecule has 0 saturated heterocycles. The Bertz CT molecular complexity index is 611. The highest BCUT2D eigenvalue weighted by Gasteiger charge is 2.19. The molecule has 0 atom stereocenters. The summed E-state index contributed by atoms with van der Waals surface area (Å²) in [7, 11) is 0. The number of nitro benzene ring substituents is 2. The van der Waals surface area contributed by atoms with Crippen LogP contribution in [0.15, 0.2) is 18.2 Å². The predicted molar refractivity (Wildman–Crippen MR) is 89.5 cm³/mol. The molecule has 25 heavy (non-hydrogen) atoms. The molecule has 0 heterocycles. The van der Waals surface area contributed by atoms with E-state index in [2.05, 4.69) is 5.32 Å². The van der Waals surface area contributed by atoms with Crippen molar-refractivity contribution in [2.45, 2.75) is 44.6 Å². The zero-order valence-electron chi connectivity index (χ0n) is 13.8. The molecule has 0 aromatic heterocycles. The van der Waals surface area contributed by atoms with E-state index in [0.717, 1.165) is 31.0 Å². The fourth-order valence-electron chi connectivity index (χ4n) is 2.80. The first-order valence-corrected chi connectivity index (χ1v) is 8.31. The summed E-state index contributed by atoms with van der Waals surface area (Å²) >= 11 is 0. The van der Waals surface area contributed by atoms with Gasteiger partial charge < -0.3 is 10.1 Å². The maximum absolute atomic E-state index is 12.1. The van der Waals surface area contributed by atoms with Crippen LogP contribution in [-0.2, 0) is 4.74 Å². The first-order valence-electron chi connectivity index (χ1n) is 8.31. The SMILES string of the molecule is O=C(NCCCOC1CCCCC1)c1cc([N+](=O)[O-])cc([N+](=O)[O-])c1. The van der Waals surface area contributed by atoms with Gasteiger partial charge in [-0.3, -0.25) is 25.0 Å². The van der Waals surface area contributed by atoms with Gasteiger partial charge in [0.05, 0.1) is 27.6 Å². The molecule has 0 spiro atoms. The molecule has 9 heteroatoms. The number of carbonyl (C=O) groups excluding carboxylic acids is 1. The zero-order chi connectivity index (χ0) is 18.2. The molecule has 0 unspecified atom stereocenters. The van der Waals surface area contributed by atoms with E-state index >= 15 is 0 Å². The zero-order valence-corrected chi connectivity index (χ0v) is 13.8. The second kappa shape index (κ2) is 9.07. The molecule has 1 N–H and O–H groups in total. The summed E-state index contributed by atoms with van der Waals surface area (Å²) in [4.78, 5) is 32.2. The monoisotopic (exact) mass is 351 g/mol. The summed E-state index contributed by atoms with van der Waals surface area (Å²) in [6, 6.07) is 2.89. The molecular formula is C16H21N3O6. The molecule has 1 saturated carbocycles. The highest BCUT2D eigenvalue weighted by Crippen LogP contribution is 2.23. The molecule has 2 rings (SSSR count). The van der Waals surface area contributed by atoms with Crippen LogP contribution in [0.3, 0.4) is 0 Å². The Hall–Kier alpha value is -2.55. The lowest BCUT2D eigenvalue weighted by Gasteiger charge is -2.21. The Kier molecular flexibility index (Phi) is 6.81. The van der Waals surface area contributed by atoms with Crippen molar-refractivity contribution in [2.24, 2.45) is 0 Å². The number of benzene rings is 1. The first kappa shape index (κ1) is 18.8. The van der Waals surface area contributed by atoms with Gasteiger partial charge in [-0.2, -0.15) is 0 Å². The van der Waals surface area contributed by atoms with Crippen LogP contribution in [0, 0.1) is 20.2 Å². The summed E-state index contributed by atoms with van der Waals surface area (Å²) in [6.45, 7) is 0.863. The minimum absolute atomic E-state index is 0.103. The molecule has 1 aromatic rings. The van der Waals surface area contributed by atoms with Crippen LogP contribution in [0.2, 0.25) is 0 Å². The normalized spacial score (nSPS) is 14.9. The van der Waals surface area contributed by atoms with E-state index in [9.17, 15) is 25.0 Å². The van der Waals surface area contributed by atoms with E-state index in [4.69, 9.17) is 4.74 Å². The molecule has 1 aliphatic rings. The van der Waals surface area contributed by atoms with Crippen molar-refractivity contribution in [2.75, 3.05) is 13.2 Å². The summed E-state index contributed by atoms with van der Waals surface area (Å²) < 4.78 is 5.74. The van der Waals surface area contributed by atoms with Gasteiger partial charge in [0.25, 0.3) is 17.3 Å². The van der Waals surface area contributed by atoms with Crippen LogP contribution in [0.1, 0.15) is 48.9 Å². The van der Waals surface area contributed by atoms with E-state index < -0.39 is 27.1 Å². The van der Waals surface area contributed by atoms with Gasteiger partial charge in [-0.05, 0) is 19.3 Å². The van der Waals surface area contributed by atoms with Gasteiger partial charge in [0.2, 0.25) is 0 Å². The quantitative estimate of drug-likeness (QED) is 0.436. The third-order valence-corrected chi connectivity index (χ3v) is 4.10. The summed E-state index contributed by atoms with van der Waals surface area (Å²) in [6.07, 6.45) is 6.68. The minimum Gasteiger partial charge on any atom is -0.378 e. The smallest absolute Gasteiger partial charge is 0.277 e. The highest BCUT2D eigenvalue weighted by molar-refractivity contribution is 5.95. The molecule has 9 nitrogen and oxygen atoms in total. The lowest BCUT2D eigenvalue weighted by Crippen LogP contribution is -2.26. The molecule has 1 aliphatic carbocycles. The van der Waals surface area contributed by atoms with Crippen molar-refractivity contribution in [3.05, 3.63) is 44.0 Å². The van der Waals surface area contributed by atoms with E-state index in [1.165, 1.54) is 19.3 Å². The second-order valence-corrected chi connectivity index (χ2v) is 5.99. The Labute approximate surface area is 144 Å². The lowest BCUT2D eigenvalue weighted by atomic mass is 9.98.